The molecule has 1 aliphatic heterocycles. The van der Waals surface area contributed by atoms with E-state index in [2.05, 4.69) is 18.2 Å². The molecule has 1 aliphatic rings. The van der Waals surface area contributed by atoms with Crippen molar-refractivity contribution < 1.29 is 14.2 Å². The van der Waals surface area contributed by atoms with Gasteiger partial charge in [0.25, 0.3) is 0 Å². The van der Waals surface area contributed by atoms with Crippen LogP contribution in [0.5, 0.6) is 11.5 Å². The molecule has 0 unspecified atom stereocenters. The summed E-state index contributed by atoms with van der Waals surface area (Å²) < 4.78 is 16.2. The summed E-state index contributed by atoms with van der Waals surface area (Å²) in [5.74, 6) is 1.90. The number of methoxy groups -OCH3 is 2. The predicted octanol–water partition coefficient (Wildman–Crippen LogP) is 3.75. The summed E-state index contributed by atoms with van der Waals surface area (Å²) in [5, 5.41) is 0. The Morgan fingerprint density at radius 1 is 0.947 bits per heavy atom. The lowest BCUT2D eigenvalue weighted by atomic mass is 9.96. The first-order valence-electron chi connectivity index (χ1n) is 6.25. The van der Waals surface area contributed by atoms with Gasteiger partial charge < -0.3 is 14.2 Å². The molecule has 0 bridgehead atoms. The third kappa shape index (κ3) is 2.23. The topological polar surface area (TPSA) is 31.0 Å². The van der Waals surface area contributed by atoms with Crippen LogP contribution in [0.2, 0.25) is 0 Å². The molecule has 0 aliphatic carbocycles. The van der Waals surface area contributed by atoms with Crippen LogP contribution in [0.25, 0.3) is 11.1 Å². The minimum atomic E-state index is 0.543. The molecular weight excluding hydrogens is 240 g/mol. The fraction of sp³-hybridized carbons (Fsp3) is 0.250. The van der Waals surface area contributed by atoms with Crippen molar-refractivity contribution in [1.29, 1.82) is 0 Å². The first kappa shape index (κ1) is 12.2. The molecule has 2 aromatic carbocycles. The Balaban J connectivity index is 2.14. The Labute approximate surface area is 112 Å². The molecule has 3 heteroatoms. The van der Waals surface area contributed by atoms with Crippen LogP contribution in [0.15, 0.2) is 36.4 Å². The molecule has 0 N–H and O–H groups in total. The molecule has 0 aromatic heterocycles. The highest BCUT2D eigenvalue weighted by Crippen LogP contribution is 2.52. The number of rotatable bonds is 5. The van der Waals surface area contributed by atoms with E-state index in [0.29, 0.717) is 13.2 Å². The summed E-state index contributed by atoms with van der Waals surface area (Å²) in [7, 11) is 3.40. The van der Waals surface area contributed by atoms with E-state index in [1.165, 1.54) is 5.56 Å². The third-order valence-corrected chi connectivity index (χ3v) is 3.30. The maximum Gasteiger partial charge on any atom is 0.176 e. The molecule has 3 rings (SSSR count). The fourth-order valence-corrected chi connectivity index (χ4v) is 2.39. The second kappa shape index (κ2) is 5.03. The van der Waals surface area contributed by atoms with E-state index in [9.17, 15) is 0 Å². The number of ether oxygens (including phenoxy) is 3. The standard InChI is InChI=1S/C16H16O3/c1-17-9-13-12(11-6-4-3-5-7-11)8-15-16(19-15)14(13)10-18-2/h3-8H,9-10H2,1-2H3. The highest BCUT2D eigenvalue weighted by Gasteiger charge is 2.29. The van der Waals surface area contributed by atoms with E-state index in [1.54, 1.807) is 14.2 Å². The summed E-state index contributed by atoms with van der Waals surface area (Å²) in [5.41, 5.74) is 4.57. The second-order valence-electron chi connectivity index (χ2n) is 4.54. The average Bonchev–Trinajstić information content (AvgIpc) is 3.21. The van der Waals surface area contributed by atoms with Crippen molar-refractivity contribution in [1.82, 2.24) is 0 Å². The van der Waals surface area contributed by atoms with E-state index in [-0.39, 0.29) is 0 Å². The Hall–Kier alpha value is -1.84. The Bertz CT molecular complexity index is 591. The smallest absolute Gasteiger partial charge is 0.176 e. The maximum atomic E-state index is 5.53. The molecule has 1 heterocycles. The van der Waals surface area contributed by atoms with Gasteiger partial charge in [-0.1, -0.05) is 30.3 Å². The zero-order chi connectivity index (χ0) is 13.2. The van der Waals surface area contributed by atoms with Gasteiger partial charge in [0.1, 0.15) is 0 Å². The van der Waals surface area contributed by atoms with Crippen LogP contribution in [0, 0.1) is 0 Å². The van der Waals surface area contributed by atoms with Crippen molar-refractivity contribution in [2.75, 3.05) is 14.2 Å². The minimum Gasteiger partial charge on any atom is -0.449 e. The summed E-state index contributed by atoms with van der Waals surface area (Å²) in [6, 6.07) is 12.4. The first-order chi connectivity index (χ1) is 9.35. The van der Waals surface area contributed by atoms with Gasteiger partial charge in [-0.25, -0.2) is 0 Å². The third-order valence-electron chi connectivity index (χ3n) is 3.30. The molecule has 0 amide bonds. The van der Waals surface area contributed by atoms with Gasteiger partial charge in [0, 0.05) is 19.8 Å². The number of benzene rings is 2. The molecule has 0 spiro atoms. The Morgan fingerprint density at radius 3 is 2.32 bits per heavy atom. The van der Waals surface area contributed by atoms with Crippen LogP contribution in [-0.4, -0.2) is 14.2 Å². The minimum absolute atomic E-state index is 0.543. The zero-order valence-corrected chi connectivity index (χ0v) is 11.1. The van der Waals surface area contributed by atoms with E-state index in [4.69, 9.17) is 14.2 Å². The molecule has 0 fully saturated rings. The van der Waals surface area contributed by atoms with Crippen molar-refractivity contribution in [2.45, 2.75) is 13.2 Å². The van der Waals surface area contributed by atoms with Gasteiger partial charge in [-0.05, 0) is 22.8 Å². The van der Waals surface area contributed by atoms with Crippen molar-refractivity contribution >= 4 is 0 Å². The van der Waals surface area contributed by atoms with Crippen LogP contribution < -0.4 is 4.74 Å². The molecular formula is C16H16O3. The van der Waals surface area contributed by atoms with E-state index in [1.807, 2.05) is 18.2 Å². The van der Waals surface area contributed by atoms with Gasteiger partial charge in [-0.3, -0.25) is 0 Å². The van der Waals surface area contributed by atoms with Gasteiger partial charge >= 0.3 is 0 Å². The van der Waals surface area contributed by atoms with Gasteiger partial charge in [-0.2, -0.15) is 0 Å². The van der Waals surface area contributed by atoms with Crippen molar-refractivity contribution in [3.8, 4) is 22.6 Å². The van der Waals surface area contributed by atoms with Crippen LogP contribution in [0.4, 0.5) is 0 Å². The van der Waals surface area contributed by atoms with Crippen molar-refractivity contribution in [2.24, 2.45) is 0 Å². The van der Waals surface area contributed by atoms with Gasteiger partial charge in [0.05, 0.1) is 13.2 Å². The van der Waals surface area contributed by atoms with Crippen LogP contribution >= 0.6 is 0 Å². The van der Waals surface area contributed by atoms with Crippen molar-refractivity contribution in [3.63, 3.8) is 0 Å². The molecule has 3 nitrogen and oxygen atoms in total. The number of hydrogen-bond acceptors (Lipinski definition) is 3. The zero-order valence-electron chi connectivity index (χ0n) is 11.1. The Kier molecular flexibility index (Phi) is 3.23. The van der Waals surface area contributed by atoms with E-state index >= 15 is 0 Å². The quantitative estimate of drug-likeness (QED) is 0.651. The number of fused-ring (bicyclic) bond motifs is 1. The van der Waals surface area contributed by atoms with E-state index in [0.717, 1.165) is 28.2 Å². The highest BCUT2D eigenvalue weighted by atomic mass is 16.6. The monoisotopic (exact) mass is 256 g/mol. The van der Waals surface area contributed by atoms with Gasteiger partial charge in [0.2, 0.25) is 0 Å². The highest BCUT2D eigenvalue weighted by molar-refractivity contribution is 5.77. The lowest BCUT2D eigenvalue weighted by molar-refractivity contribution is 0.168. The summed E-state index contributed by atoms with van der Waals surface area (Å²) in [6.45, 7) is 1.10. The molecule has 2 aromatic rings. The molecule has 0 atom stereocenters. The Morgan fingerprint density at radius 2 is 1.63 bits per heavy atom. The normalized spacial score (nSPS) is 11.9. The van der Waals surface area contributed by atoms with Crippen LogP contribution in [0.3, 0.4) is 0 Å². The first-order valence-corrected chi connectivity index (χ1v) is 6.25. The average molecular weight is 256 g/mol. The van der Waals surface area contributed by atoms with Crippen LogP contribution in [0.1, 0.15) is 11.1 Å². The second-order valence-corrected chi connectivity index (χ2v) is 4.54. The largest absolute Gasteiger partial charge is 0.449 e. The maximum absolute atomic E-state index is 5.53. The molecule has 0 saturated heterocycles. The summed E-state index contributed by atoms with van der Waals surface area (Å²) in [6.07, 6.45) is 0. The number of hydrogen-bond donors (Lipinski definition) is 0. The lowest BCUT2D eigenvalue weighted by Gasteiger charge is -2.12. The van der Waals surface area contributed by atoms with Crippen LogP contribution in [-0.2, 0) is 22.7 Å². The van der Waals surface area contributed by atoms with E-state index < -0.39 is 0 Å². The van der Waals surface area contributed by atoms with Gasteiger partial charge in [0.15, 0.2) is 11.5 Å². The van der Waals surface area contributed by atoms with Gasteiger partial charge in [-0.15, -0.1) is 0 Å². The molecule has 0 radical (unpaired) electrons. The SMILES string of the molecule is COCc1c(-c2ccccc2)cc2c(c1COC)O2. The summed E-state index contributed by atoms with van der Waals surface area (Å²) >= 11 is 0. The predicted molar refractivity (Wildman–Crippen MR) is 73.4 cm³/mol. The molecule has 98 valence electrons. The van der Waals surface area contributed by atoms with Crippen molar-refractivity contribution in [3.05, 3.63) is 47.5 Å². The molecule has 0 saturated carbocycles. The summed E-state index contributed by atoms with van der Waals surface area (Å²) in [4.78, 5) is 0. The molecule has 19 heavy (non-hydrogen) atoms. The lowest BCUT2D eigenvalue weighted by Crippen LogP contribution is -1.98. The fourth-order valence-electron chi connectivity index (χ4n) is 2.39.